The fourth-order valence-electron chi connectivity index (χ4n) is 3.76. The number of nitrogens with zero attached hydrogens (tertiary/aromatic N) is 1. The molecule has 20 heavy (non-hydrogen) atoms. The molecule has 2 nitrogen and oxygen atoms in total. The van der Waals surface area contributed by atoms with Crippen LogP contribution in [0, 0.1) is 6.92 Å². The van der Waals surface area contributed by atoms with E-state index >= 15 is 0 Å². The van der Waals surface area contributed by atoms with Crippen LogP contribution < -0.4 is 10.2 Å². The smallest absolute Gasteiger partial charge is 0.0513 e. The molecule has 0 unspecified atom stereocenters. The average molecular weight is 337 g/mol. The Kier molecular flexibility index (Phi) is 4.37. The molecule has 2 fully saturated rings. The predicted octanol–water partition coefficient (Wildman–Crippen LogP) is 4.26. The molecule has 0 bridgehead atoms. The maximum Gasteiger partial charge on any atom is 0.0513 e. The van der Waals surface area contributed by atoms with Gasteiger partial charge < -0.3 is 10.2 Å². The van der Waals surface area contributed by atoms with E-state index in [2.05, 4.69) is 51.3 Å². The molecule has 1 aromatic carbocycles. The van der Waals surface area contributed by atoms with E-state index in [4.69, 9.17) is 0 Å². The minimum Gasteiger partial charge on any atom is -0.369 e. The first-order chi connectivity index (χ1) is 9.69. The van der Waals surface area contributed by atoms with Gasteiger partial charge in [-0.1, -0.05) is 25.3 Å². The molecule has 1 aliphatic heterocycles. The van der Waals surface area contributed by atoms with Crippen LogP contribution in [0.2, 0.25) is 0 Å². The van der Waals surface area contributed by atoms with E-state index in [1.165, 1.54) is 60.8 Å². The highest BCUT2D eigenvalue weighted by molar-refractivity contribution is 9.10. The second-order valence-electron chi connectivity index (χ2n) is 6.50. The number of hydrogen-bond donors (Lipinski definition) is 1. The van der Waals surface area contributed by atoms with Crippen molar-refractivity contribution in [2.75, 3.05) is 24.5 Å². The molecule has 1 saturated carbocycles. The van der Waals surface area contributed by atoms with Gasteiger partial charge in [0, 0.05) is 23.1 Å². The van der Waals surface area contributed by atoms with Crippen LogP contribution >= 0.6 is 15.9 Å². The first kappa shape index (κ1) is 14.4. The van der Waals surface area contributed by atoms with E-state index < -0.39 is 0 Å². The quantitative estimate of drug-likeness (QED) is 0.824. The van der Waals surface area contributed by atoms with Crippen molar-refractivity contribution in [1.82, 2.24) is 5.32 Å². The molecule has 1 heterocycles. The van der Waals surface area contributed by atoms with Gasteiger partial charge >= 0.3 is 0 Å². The number of aryl methyl sites for hydroxylation is 1. The normalized spacial score (nSPS) is 22.8. The Labute approximate surface area is 131 Å². The fraction of sp³-hybridized carbons (Fsp3) is 0.647. The molecule has 1 aromatic rings. The van der Waals surface area contributed by atoms with E-state index in [0.717, 1.165) is 13.1 Å². The molecule has 3 heteroatoms. The molecule has 1 saturated heterocycles. The van der Waals surface area contributed by atoms with E-state index in [0.29, 0.717) is 5.54 Å². The molecule has 1 spiro atoms. The molecule has 1 aliphatic carbocycles. The Bertz CT molecular complexity index is 466. The Balaban J connectivity index is 1.86. The summed E-state index contributed by atoms with van der Waals surface area (Å²) in [6, 6.07) is 6.70. The molecule has 0 amide bonds. The van der Waals surface area contributed by atoms with Crippen molar-refractivity contribution in [3.63, 3.8) is 0 Å². The highest BCUT2D eigenvalue weighted by Crippen LogP contribution is 2.34. The summed E-state index contributed by atoms with van der Waals surface area (Å²) in [5, 5.41) is 3.87. The van der Waals surface area contributed by atoms with E-state index in [1.807, 2.05) is 0 Å². The standard InChI is InChI=1S/C17H25BrN2/c1-14-6-7-15(18)16(12-14)20-11-5-10-19-17(13-20)8-3-2-4-9-17/h6-7,12,19H,2-5,8-11,13H2,1H3. The zero-order valence-electron chi connectivity index (χ0n) is 12.4. The molecule has 110 valence electrons. The lowest BCUT2D eigenvalue weighted by atomic mass is 9.81. The third kappa shape index (κ3) is 3.04. The second kappa shape index (κ2) is 6.07. The lowest BCUT2D eigenvalue weighted by molar-refractivity contribution is 0.246. The molecule has 0 atom stereocenters. The van der Waals surface area contributed by atoms with Crippen molar-refractivity contribution in [2.24, 2.45) is 0 Å². The Morgan fingerprint density at radius 2 is 1.95 bits per heavy atom. The van der Waals surface area contributed by atoms with Gasteiger partial charge in [-0.15, -0.1) is 0 Å². The summed E-state index contributed by atoms with van der Waals surface area (Å²) in [4.78, 5) is 2.60. The minimum absolute atomic E-state index is 0.359. The van der Waals surface area contributed by atoms with Crippen LogP contribution in [0.1, 0.15) is 44.1 Å². The Morgan fingerprint density at radius 3 is 2.75 bits per heavy atom. The third-order valence-electron chi connectivity index (χ3n) is 4.85. The lowest BCUT2D eigenvalue weighted by Gasteiger charge is -2.40. The summed E-state index contributed by atoms with van der Waals surface area (Å²) in [5.41, 5.74) is 3.08. The number of halogens is 1. The monoisotopic (exact) mass is 336 g/mol. The summed E-state index contributed by atoms with van der Waals surface area (Å²) in [6.07, 6.45) is 8.10. The van der Waals surface area contributed by atoms with Crippen LogP contribution in [-0.2, 0) is 0 Å². The zero-order chi connectivity index (χ0) is 14.0. The first-order valence-corrected chi connectivity index (χ1v) is 8.74. The maximum atomic E-state index is 3.87. The van der Waals surface area contributed by atoms with E-state index in [-0.39, 0.29) is 0 Å². The molecule has 1 N–H and O–H groups in total. The van der Waals surface area contributed by atoms with Gasteiger partial charge in [0.15, 0.2) is 0 Å². The van der Waals surface area contributed by atoms with Crippen molar-refractivity contribution < 1.29 is 0 Å². The van der Waals surface area contributed by atoms with Gasteiger partial charge in [0.25, 0.3) is 0 Å². The molecular formula is C17H25BrN2. The van der Waals surface area contributed by atoms with Crippen LogP contribution in [0.15, 0.2) is 22.7 Å². The highest BCUT2D eigenvalue weighted by atomic mass is 79.9. The van der Waals surface area contributed by atoms with Crippen LogP contribution in [0.5, 0.6) is 0 Å². The van der Waals surface area contributed by atoms with Gasteiger partial charge in [-0.25, -0.2) is 0 Å². The van der Waals surface area contributed by atoms with Crippen molar-refractivity contribution in [1.29, 1.82) is 0 Å². The van der Waals surface area contributed by atoms with Crippen LogP contribution in [0.3, 0.4) is 0 Å². The lowest BCUT2D eigenvalue weighted by Crippen LogP contribution is -2.52. The van der Waals surface area contributed by atoms with Crippen LogP contribution in [0.25, 0.3) is 0 Å². The average Bonchev–Trinajstić information content (AvgIpc) is 2.65. The number of nitrogens with one attached hydrogen (secondary N) is 1. The Morgan fingerprint density at radius 1 is 1.15 bits per heavy atom. The number of rotatable bonds is 1. The number of anilines is 1. The second-order valence-corrected chi connectivity index (χ2v) is 7.35. The summed E-state index contributed by atoms with van der Waals surface area (Å²) in [5.74, 6) is 0. The number of hydrogen-bond acceptors (Lipinski definition) is 2. The Hall–Kier alpha value is -0.540. The van der Waals surface area contributed by atoms with E-state index in [9.17, 15) is 0 Å². The van der Waals surface area contributed by atoms with Crippen molar-refractivity contribution in [3.8, 4) is 0 Å². The van der Waals surface area contributed by atoms with Gasteiger partial charge in [-0.3, -0.25) is 0 Å². The SMILES string of the molecule is Cc1ccc(Br)c(N2CCCNC3(CCCCC3)C2)c1. The maximum absolute atomic E-state index is 3.87. The van der Waals surface area contributed by atoms with Gasteiger partial charge in [0.05, 0.1) is 5.69 Å². The van der Waals surface area contributed by atoms with Crippen molar-refractivity contribution in [3.05, 3.63) is 28.2 Å². The summed E-state index contributed by atoms with van der Waals surface area (Å²) in [7, 11) is 0. The topological polar surface area (TPSA) is 15.3 Å². The van der Waals surface area contributed by atoms with Crippen molar-refractivity contribution in [2.45, 2.75) is 51.0 Å². The molecular weight excluding hydrogens is 312 g/mol. The van der Waals surface area contributed by atoms with E-state index in [1.54, 1.807) is 0 Å². The first-order valence-electron chi connectivity index (χ1n) is 7.95. The van der Waals surface area contributed by atoms with Gasteiger partial charge in [-0.05, 0) is 66.4 Å². The zero-order valence-corrected chi connectivity index (χ0v) is 14.0. The fourth-order valence-corrected chi connectivity index (χ4v) is 4.26. The minimum atomic E-state index is 0.359. The summed E-state index contributed by atoms with van der Waals surface area (Å²) in [6.45, 7) is 5.67. The summed E-state index contributed by atoms with van der Waals surface area (Å²) < 4.78 is 1.23. The molecule has 0 aromatic heterocycles. The van der Waals surface area contributed by atoms with Crippen LogP contribution in [0.4, 0.5) is 5.69 Å². The molecule has 0 radical (unpaired) electrons. The van der Waals surface area contributed by atoms with Gasteiger partial charge in [0.1, 0.15) is 0 Å². The van der Waals surface area contributed by atoms with Gasteiger partial charge in [-0.2, -0.15) is 0 Å². The predicted molar refractivity (Wildman–Crippen MR) is 89.5 cm³/mol. The largest absolute Gasteiger partial charge is 0.369 e. The molecule has 2 aliphatic rings. The number of benzene rings is 1. The van der Waals surface area contributed by atoms with Gasteiger partial charge in [0.2, 0.25) is 0 Å². The third-order valence-corrected chi connectivity index (χ3v) is 5.52. The van der Waals surface area contributed by atoms with Crippen molar-refractivity contribution >= 4 is 21.6 Å². The van der Waals surface area contributed by atoms with Crippen LogP contribution in [-0.4, -0.2) is 25.2 Å². The molecule has 3 rings (SSSR count). The summed E-state index contributed by atoms with van der Waals surface area (Å²) >= 11 is 3.74. The highest BCUT2D eigenvalue weighted by Gasteiger charge is 2.35.